The highest BCUT2D eigenvalue weighted by Crippen LogP contribution is 2.38. The molecule has 1 N–H and O–H groups in total. The molecule has 5 nitrogen and oxygen atoms in total. The Labute approximate surface area is 144 Å². The lowest BCUT2D eigenvalue weighted by Crippen LogP contribution is -2.39. The van der Waals surface area contributed by atoms with Gasteiger partial charge in [0.25, 0.3) is 5.91 Å². The van der Waals surface area contributed by atoms with Crippen LogP contribution in [0.3, 0.4) is 0 Å². The third-order valence-corrected chi connectivity index (χ3v) is 6.60. The van der Waals surface area contributed by atoms with Crippen LogP contribution in [0.15, 0.2) is 12.3 Å². The van der Waals surface area contributed by atoms with Crippen molar-refractivity contribution in [2.45, 2.75) is 38.7 Å². The number of anilines is 1. The summed E-state index contributed by atoms with van der Waals surface area (Å²) in [6.07, 6.45) is 7.23. The number of aryl methyl sites for hydroxylation is 1. The minimum Gasteiger partial charge on any atom is -0.423 e. The summed E-state index contributed by atoms with van der Waals surface area (Å²) >= 11 is 1.68. The largest absolute Gasteiger partial charge is 0.491 e. The molecular formula is C17H17BN2O3S. The van der Waals surface area contributed by atoms with Crippen molar-refractivity contribution >= 4 is 35.6 Å². The highest BCUT2D eigenvalue weighted by atomic mass is 32.1. The molecule has 2 aliphatic heterocycles. The van der Waals surface area contributed by atoms with Gasteiger partial charge in [-0.3, -0.25) is 9.69 Å². The second-order valence-corrected chi connectivity index (χ2v) is 7.70. The third-order valence-electron chi connectivity index (χ3n) is 5.28. The van der Waals surface area contributed by atoms with Crippen molar-refractivity contribution < 1.29 is 14.5 Å². The highest BCUT2D eigenvalue weighted by molar-refractivity contribution is 7.14. The molecule has 24 heavy (non-hydrogen) atoms. The summed E-state index contributed by atoms with van der Waals surface area (Å²) in [6.45, 7) is 0.950. The van der Waals surface area contributed by atoms with Crippen molar-refractivity contribution in [3.63, 3.8) is 0 Å². The van der Waals surface area contributed by atoms with E-state index in [1.54, 1.807) is 28.5 Å². The van der Waals surface area contributed by atoms with Crippen LogP contribution in [-0.2, 0) is 30.5 Å². The number of rotatable bonds is 1. The Bertz CT molecular complexity index is 851. The predicted octanol–water partition coefficient (Wildman–Crippen LogP) is 1.44. The molecule has 0 saturated carbocycles. The number of fused-ring (bicyclic) bond motifs is 4. The molecule has 0 aromatic carbocycles. The quantitative estimate of drug-likeness (QED) is 0.798. The maximum atomic E-state index is 13.1. The second-order valence-electron chi connectivity index (χ2n) is 6.59. The summed E-state index contributed by atoms with van der Waals surface area (Å²) in [4.78, 5) is 21.6. The monoisotopic (exact) mass is 340 g/mol. The molecule has 2 aromatic heterocycles. The molecule has 0 atom stereocenters. The first-order valence-electron chi connectivity index (χ1n) is 8.47. The molecule has 1 amide bonds. The minimum atomic E-state index is -0.911. The van der Waals surface area contributed by atoms with Gasteiger partial charge in [-0.25, -0.2) is 4.98 Å². The van der Waals surface area contributed by atoms with E-state index < -0.39 is 7.12 Å². The summed E-state index contributed by atoms with van der Waals surface area (Å²) in [5.74, 6) is 0.698. The fourth-order valence-electron chi connectivity index (χ4n) is 4.08. The number of hydrogen-bond donors (Lipinski definition) is 1. The van der Waals surface area contributed by atoms with Crippen LogP contribution < -0.4 is 10.4 Å². The molecule has 5 rings (SSSR count). The van der Waals surface area contributed by atoms with Gasteiger partial charge in [0, 0.05) is 23.2 Å². The molecule has 7 heteroatoms. The van der Waals surface area contributed by atoms with Crippen LogP contribution in [-0.4, -0.2) is 29.6 Å². The normalized spacial score (nSPS) is 19.3. The van der Waals surface area contributed by atoms with E-state index in [1.807, 2.05) is 0 Å². The molecule has 0 fully saturated rings. The van der Waals surface area contributed by atoms with E-state index in [0.29, 0.717) is 19.0 Å². The first-order valence-corrected chi connectivity index (χ1v) is 9.28. The van der Waals surface area contributed by atoms with Crippen molar-refractivity contribution in [2.24, 2.45) is 0 Å². The van der Waals surface area contributed by atoms with Gasteiger partial charge >= 0.3 is 7.12 Å². The predicted molar refractivity (Wildman–Crippen MR) is 93.0 cm³/mol. The zero-order chi connectivity index (χ0) is 16.3. The van der Waals surface area contributed by atoms with Gasteiger partial charge in [0.1, 0.15) is 5.82 Å². The van der Waals surface area contributed by atoms with Crippen LogP contribution in [0.1, 0.15) is 44.1 Å². The molecule has 122 valence electrons. The third kappa shape index (κ3) is 2.01. The van der Waals surface area contributed by atoms with Gasteiger partial charge in [-0.1, -0.05) is 0 Å². The van der Waals surface area contributed by atoms with E-state index in [2.05, 4.69) is 4.98 Å². The SMILES string of the molecule is O=C1c2sc3c(c2CCN1c1nccc2c1COB2O)CCCC3. The number of nitrogens with zero attached hydrogens (tertiary/aromatic N) is 2. The van der Waals surface area contributed by atoms with Crippen LogP contribution in [0.4, 0.5) is 5.82 Å². The summed E-state index contributed by atoms with van der Waals surface area (Å²) in [6, 6.07) is 1.76. The molecule has 3 aliphatic rings. The van der Waals surface area contributed by atoms with E-state index in [4.69, 9.17) is 4.65 Å². The standard InChI is InChI=1S/C17H17BN2O3S/c21-17-15-11(10-3-1-2-4-14(10)24-15)6-8-20(17)16-12-9-23-18(22)13(12)5-7-19-16/h5,7,22H,1-4,6,8-9H2. The number of hydrogen-bond acceptors (Lipinski definition) is 5. The van der Waals surface area contributed by atoms with Crippen molar-refractivity contribution in [1.29, 1.82) is 0 Å². The number of carbonyl (C=O) groups is 1. The average Bonchev–Trinajstić information content (AvgIpc) is 3.17. The summed E-state index contributed by atoms with van der Waals surface area (Å²) in [7, 11) is -0.911. The van der Waals surface area contributed by atoms with Crippen LogP contribution in [0.5, 0.6) is 0 Å². The summed E-state index contributed by atoms with van der Waals surface area (Å²) < 4.78 is 5.31. The van der Waals surface area contributed by atoms with Gasteiger partial charge < -0.3 is 9.68 Å². The summed E-state index contributed by atoms with van der Waals surface area (Å²) in [5, 5.41) is 9.89. The first kappa shape index (κ1) is 14.6. The molecule has 4 heterocycles. The van der Waals surface area contributed by atoms with Gasteiger partial charge in [-0.15, -0.1) is 11.3 Å². The number of pyridine rings is 1. The Kier molecular flexibility index (Phi) is 3.30. The summed E-state index contributed by atoms with van der Waals surface area (Å²) in [5.41, 5.74) is 4.28. The molecule has 1 aliphatic carbocycles. The Morgan fingerprint density at radius 1 is 1.21 bits per heavy atom. The Hall–Kier alpha value is -1.70. The lowest BCUT2D eigenvalue weighted by molar-refractivity contribution is 0.0983. The van der Waals surface area contributed by atoms with E-state index in [0.717, 1.165) is 35.2 Å². The van der Waals surface area contributed by atoms with Crippen molar-refractivity contribution in [3.05, 3.63) is 38.7 Å². The van der Waals surface area contributed by atoms with Gasteiger partial charge in [-0.2, -0.15) is 0 Å². The van der Waals surface area contributed by atoms with Crippen LogP contribution in [0, 0.1) is 0 Å². The first-order chi connectivity index (χ1) is 11.7. The van der Waals surface area contributed by atoms with Crippen LogP contribution in [0.2, 0.25) is 0 Å². The van der Waals surface area contributed by atoms with Crippen LogP contribution in [0.25, 0.3) is 0 Å². The lowest BCUT2D eigenvalue weighted by atomic mass is 9.80. The Balaban J connectivity index is 1.56. The zero-order valence-corrected chi connectivity index (χ0v) is 14.1. The Morgan fingerprint density at radius 3 is 3.00 bits per heavy atom. The number of amides is 1. The maximum absolute atomic E-state index is 13.1. The van der Waals surface area contributed by atoms with Gasteiger partial charge in [0.15, 0.2) is 0 Å². The van der Waals surface area contributed by atoms with Gasteiger partial charge in [0.2, 0.25) is 0 Å². The minimum absolute atomic E-state index is 0.0536. The van der Waals surface area contributed by atoms with Crippen molar-refractivity contribution in [1.82, 2.24) is 4.98 Å². The smallest absolute Gasteiger partial charge is 0.423 e. The lowest BCUT2D eigenvalue weighted by Gasteiger charge is -2.28. The topological polar surface area (TPSA) is 62.7 Å². The fraction of sp³-hybridized carbons (Fsp3) is 0.412. The molecule has 2 aromatic rings. The fourth-order valence-corrected chi connectivity index (χ4v) is 5.47. The second kappa shape index (κ2) is 5.41. The van der Waals surface area contributed by atoms with E-state index in [9.17, 15) is 9.82 Å². The van der Waals surface area contributed by atoms with Gasteiger partial charge in [-0.05, 0) is 54.8 Å². The van der Waals surface area contributed by atoms with Crippen molar-refractivity contribution in [3.8, 4) is 0 Å². The molecule has 0 saturated heterocycles. The zero-order valence-electron chi connectivity index (χ0n) is 13.2. The molecule has 0 spiro atoms. The molecular weight excluding hydrogens is 323 g/mol. The Morgan fingerprint density at radius 2 is 2.08 bits per heavy atom. The van der Waals surface area contributed by atoms with Crippen molar-refractivity contribution in [2.75, 3.05) is 11.4 Å². The van der Waals surface area contributed by atoms with E-state index in [1.165, 1.54) is 28.8 Å². The number of thiophene rings is 1. The molecule has 0 radical (unpaired) electrons. The highest BCUT2D eigenvalue weighted by Gasteiger charge is 2.36. The molecule has 0 unspecified atom stereocenters. The van der Waals surface area contributed by atoms with E-state index >= 15 is 0 Å². The molecule has 0 bridgehead atoms. The van der Waals surface area contributed by atoms with Crippen LogP contribution >= 0.6 is 11.3 Å². The maximum Gasteiger partial charge on any atom is 0.491 e. The van der Waals surface area contributed by atoms with Gasteiger partial charge in [0.05, 0.1) is 11.5 Å². The number of aromatic nitrogens is 1. The average molecular weight is 340 g/mol. The van der Waals surface area contributed by atoms with E-state index in [-0.39, 0.29) is 5.91 Å². The number of carbonyl (C=O) groups excluding carboxylic acids is 1.